The van der Waals surface area contributed by atoms with Crippen LogP contribution < -0.4 is 0 Å². The molecule has 5 heteroatoms. The molecule has 0 atom stereocenters. The molecular weight excluding hydrogens is 320 g/mol. The van der Waals surface area contributed by atoms with E-state index in [0.717, 1.165) is 32.0 Å². The number of phenolic OH excluding ortho intramolecular Hbond substituents is 2. The summed E-state index contributed by atoms with van der Waals surface area (Å²) in [6, 6.07) is 7.98. The van der Waals surface area contributed by atoms with Gasteiger partial charge in [0.05, 0.1) is 0 Å². The highest BCUT2D eigenvalue weighted by Gasteiger charge is 2.07. The number of hydrogen-bond acceptors (Lipinski definition) is 5. The van der Waals surface area contributed by atoms with Gasteiger partial charge in [0.25, 0.3) is 0 Å². The van der Waals surface area contributed by atoms with Crippen LogP contribution in [0.4, 0.5) is 0 Å². The van der Waals surface area contributed by atoms with E-state index >= 15 is 0 Å². The molecule has 2 aromatic rings. The van der Waals surface area contributed by atoms with E-state index in [1.54, 1.807) is 31.4 Å². The first-order chi connectivity index (χ1) is 9.88. The fraction of sp³-hybridized carbons (Fsp3) is 0.250. The van der Waals surface area contributed by atoms with Crippen molar-refractivity contribution < 1.29 is 10.2 Å². The Morgan fingerprint density at radius 2 is 0.905 bits per heavy atom. The van der Waals surface area contributed by atoms with Crippen molar-refractivity contribution in [1.82, 2.24) is 0 Å². The van der Waals surface area contributed by atoms with Gasteiger partial charge in [-0.15, -0.1) is 0 Å². The van der Waals surface area contributed by atoms with Crippen molar-refractivity contribution >= 4 is 31.4 Å². The number of rotatable bonds is 4. The van der Waals surface area contributed by atoms with Crippen LogP contribution in [0.1, 0.15) is 22.3 Å². The summed E-state index contributed by atoms with van der Waals surface area (Å²) < 4.78 is 0. The summed E-state index contributed by atoms with van der Waals surface area (Å²) in [5.74, 6) is 0.753. The summed E-state index contributed by atoms with van der Waals surface area (Å²) in [7, 11) is 5.02. The molecule has 0 saturated heterocycles. The predicted molar refractivity (Wildman–Crippen MR) is 94.5 cm³/mol. The minimum Gasteiger partial charge on any atom is -0.507 e. The molecule has 0 amide bonds. The third kappa shape index (κ3) is 4.05. The SMILES string of the molecule is Cc1cc(SSSc2cc(C)c(O)c(C)c2)cc(C)c1O. The van der Waals surface area contributed by atoms with Gasteiger partial charge >= 0.3 is 0 Å². The molecule has 0 spiro atoms. The largest absolute Gasteiger partial charge is 0.507 e. The topological polar surface area (TPSA) is 40.5 Å². The first-order valence-electron chi connectivity index (χ1n) is 6.50. The molecule has 0 aliphatic heterocycles. The molecule has 2 rings (SSSR count). The lowest BCUT2D eigenvalue weighted by Crippen LogP contribution is -1.82. The zero-order valence-corrected chi connectivity index (χ0v) is 14.9. The second-order valence-corrected chi connectivity index (χ2v) is 9.09. The van der Waals surface area contributed by atoms with Crippen molar-refractivity contribution in [3.05, 3.63) is 46.5 Å². The maximum absolute atomic E-state index is 9.78. The number of benzene rings is 2. The maximum atomic E-state index is 9.78. The van der Waals surface area contributed by atoms with Crippen LogP contribution in [-0.4, -0.2) is 10.2 Å². The predicted octanol–water partition coefficient (Wildman–Crippen LogP) is 5.78. The Morgan fingerprint density at radius 3 is 1.19 bits per heavy atom. The van der Waals surface area contributed by atoms with Gasteiger partial charge in [0.1, 0.15) is 11.5 Å². The first-order valence-corrected chi connectivity index (χ1v) is 9.98. The Labute approximate surface area is 137 Å². The van der Waals surface area contributed by atoms with E-state index in [2.05, 4.69) is 0 Å². The van der Waals surface area contributed by atoms with Crippen LogP contribution in [0.5, 0.6) is 11.5 Å². The zero-order chi connectivity index (χ0) is 15.6. The molecule has 2 aromatic carbocycles. The van der Waals surface area contributed by atoms with E-state index in [0.29, 0.717) is 11.5 Å². The Balaban J connectivity index is 2.02. The van der Waals surface area contributed by atoms with Gasteiger partial charge in [0.15, 0.2) is 0 Å². The van der Waals surface area contributed by atoms with Crippen LogP contribution in [0, 0.1) is 27.7 Å². The molecule has 0 aliphatic rings. The van der Waals surface area contributed by atoms with Crippen LogP contribution in [0.25, 0.3) is 0 Å². The second-order valence-electron chi connectivity index (χ2n) is 5.05. The van der Waals surface area contributed by atoms with E-state index in [1.807, 2.05) is 52.0 Å². The molecule has 0 aromatic heterocycles. The first kappa shape index (κ1) is 16.5. The molecule has 0 bridgehead atoms. The molecule has 0 radical (unpaired) electrons. The van der Waals surface area contributed by atoms with Gasteiger partial charge < -0.3 is 10.2 Å². The minimum atomic E-state index is 0.377. The van der Waals surface area contributed by atoms with E-state index in [-0.39, 0.29) is 0 Å². The number of aryl methyl sites for hydroxylation is 4. The van der Waals surface area contributed by atoms with Crippen molar-refractivity contribution in [2.75, 3.05) is 0 Å². The van der Waals surface area contributed by atoms with Crippen LogP contribution in [0.15, 0.2) is 34.1 Å². The van der Waals surface area contributed by atoms with Crippen LogP contribution in [0.2, 0.25) is 0 Å². The molecule has 0 aliphatic carbocycles. The molecule has 2 N–H and O–H groups in total. The Kier molecular flexibility index (Phi) is 5.41. The summed E-state index contributed by atoms with van der Waals surface area (Å²) in [4.78, 5) is 2.26. The smallest absolute Gasteiger partial charge is 0.121 e. The van der Waals surface area contributed by atoms with Crippen molar-refractivity contribution in [3.63, 3.8) is 0 Å². The van der Waals surface area contributed by atoms with Crippen LogP contribution in [-0.2, 0) is 0 Å². The van der Waals surface area contributed by atoms with Gasteiger partial charge in [-0.1, -0.05) is 0 Å². The van der Waals surface area contributed by atoms with Gasteiger partial charge in [0.2, 0.25) is 0 Å². The Morgan fingerprint density at radius 1 is 0.619 bits per heavy atom. The summed E-state index contributed by atoms with van der Waals surface area (Å²) in [6.45, 7) is 7.65. The lowest BCUT2D eigenvalue weighted by atomic mass is 10.1. The second kappa shape index (κ2) is 6.90. The summed E-state index contributed by atoms with van der Waals surface area (Å²) in [5, 5.41) is 19.6. The van der Waals surface area contributed by atoms with Gasteiger partial charge in [-0.2, -0.15) is 0 Å². The fourth-order valence-electron chi connectivity index (χ4n) is 2.02. The van der Waals surface area contributed by atoms with Crippen molar-refractivity contribution in [2.24, 2.45) is 0 Å². The van der Waals surface area contributed by atoms with E-state index in [1.165, 1.54) is 0 Å². The third-order valence-corrected chi connectivity index (χ3v) is 6.97. The molecule has 21 heavy (non-hydrogen) atoms. The Hall–Kier alpha value is -0.910. The molecule has 0 heterocycles. The lowest BCUT2D eigenvalue weighted by molar-refractivity contribution is 0.466. The molecule has 0 unspecified atom stereocenters. The van der Waals surface area contributed by atoms with Crippen molar-refractivity contribution in [3.8, 4) is 11.5 Å². The molecule has 0 fully saturated rings. The molecule has 2 nitrogen and oxygen atoms in total. The van der Waals surface area contributed by atoms with E-state index in [9.17, 15) is 10.2 Å². The molecule has 0 saturated carbocycles. The van der Waals surface area contributed by atoms with Crippen LogP contribution >= 0.6 is 31.4 Å². The maximum Gasteiger partial charge on any atom is 0.121 e. The average Bonchev–Trinajstić information content (AvgIpc) is 2.42. The highest BCUT2D eigenvalue weighted by molar-refractivity contribution is 9.09. The van der Waals surface area contributed by atoms with Crippen LogP contribution in [0.3, 0.4) is 0 Å². The fourth-order valence-corrected chi connectivity index (χ4v) is 5.99. The average molecular weight is 339 g/mol. The standard InChI is InChI=1S/C16H18O2S3/c1-9-5-13(6-10(2)15(9)17)19-21-20-14-7-11(3)16(18)12(4)8-14/h5-8,17-18H,1-4H3. The van der Waals surface area contributed by atoms with Gasteiger partial charge in [0, 0.05) is 9.79 Å². The molecule has 112 valence electrons. The minimum absolute atomic E-state index is 0.377. The van der Waals surface area contributed by atoms with E-state index in [4.69, 9.17) is 0 Å². The van der Waals surface area contributed by atoms with Gasteiger partial charge in [-0.3, -0.25) is 0 Å². The van der Waals surface area contributed by atoms with E-state index < -0.39 is 0 Å². The van der Waals surface area contributed by atoms with Crippen molar-refractivity contribution in [1.29, 1.82) is 0 Å². The quantitative estimate of drug-likeness (QED) is 0.692. The summed E-state index contributed by atoms with van der Waals surface area (Å²) in [5.41, 5.74) is 3.61. The van der Waals surface area contributed by atoms with Gasteiger partial charge in [-0.05, 0) is 106 Å². The molecular formula is C16H18O2S3. The third-order valence-electron chi connectivity index (χ3n) is 3.19. The van der Waals surface area contributed by atoms with Gasteiger partial charge in [-0.25, -0.2) is 0 Å². The zero-order valence-electron chi connectivity index (χ0n) is 12.4. The normalized spacial score (nSPS) is 10.9. The number of hydrogen-bond donors (Lipinski definition) is 2. The number of phenols is 2. The highest BCUT2D eigenvalue weighted by Crippen LogP contribution is 2.46. The highest BCUT2D eigenvalue weighted by atomic mass is 33.5. The monoisotopic (exact) mass is 338 g/mol. The number of aromatic hydroxyl groups is 2. The summed E-state index contributed by atoms with van der Waals surface area (Å²) >= 11 is 0. The summed E-state index contributed by atoms with van der Waals surface area (Å²) in [6.07, 6.45) is 0. The lowest BCUT2D eigenvalue weighted by Gasteiger charge is -2.08. The van der Waals surface area contributed by atoms with Crippen molar-refractivity contribution in [2.45, 2.75) is 37.5 Å². The Bertz CT molecular complexity index is 565.